The maximum absolute atomic E-state index is 12.5. The Hall–Kier alpha value is -1.56. The quantitative estimate of drug-likeness (QED) is 0.862. The van der Waals surface area contributed by atoms with E-state index in [0.29, 0.717) is 6.54 Å². The largest absolute Gasteiger partial charge is 0.412 e. The van der Waals surface area contributed by atoms with E-state index in [0.717, 1.165) is 24.5 Å². The minimum atomic E-state index is -4.20. The van der Waals surface area contributed by atoms with Crippen LogP contribution in [0.25, 0.3) is 0 Å². The molecule has 0 amide bonds. The average molecular weight is 285 g/mol. The number of anilines is 1. The molecule has 1 aromatic rings. The Bertz CT molecular complexity index is 466. The molecule has 0 unspecified atom stereocenters. The number of aromatic nitrogens is 1. The van der Waals surface area contributed by atoms with Gasteiger partial charge in [-0.25, -0.2) is 4.98 Å². The van der Waals surface area contributed by atoms with Crippen LogP contribution in [-0.4, -0.2) is 30.8 Å². The molecule has 1 aliphatic heterocycles. The van der Waals surface area contributed by atoms with Crippen molar-refractivity contribution in [1.29, 1.82) is 0 Å². The van der Waals surface area contributed by atoms with Crippen molar-refractivity contribution >= 4 is 5.82 Å². The first-order valence-electron chi connectivity index (χ1n) is 6.67. The first kappa shape index (κ1) is 14.8. The number of pyridine rings is 1. The third kappa shape index (κ3) is 3.72. The Morgan fingerprint density at radius 1 is 1.35 bits per heavy atom. The predicted octanol–water partition coefficient (Wildman–Crippen LogP) is 2.89. The maximum atomic E-state index is 12.5. The van der Waals surface area contributed by atoms with Crippen molar-refractivity contribution in [3.05, 3.63) is 35.5 Å². The van der Waals surface area contributed by atoms with Crippen LogP contribution in [0.3, 0.4) is 0 Å². The Morgan fingerprint density at radius 2 is 2.15 bits per heavy atom. The minimum absolute atomic E-state index is 0.0182. The van der Waals surface area contributed by atoms with E-state index in [2.05, 4.69) is 10.3 Å². The van der Waals surface area contributed by atoms with E-state index in [1.165, 1.54) is 6.08 Å². The first-order chi connectivity index (χ1) is 9.50. The fourth-order valence-corrected chi connectivity index (χ4v) is 2.11. The molecule has 20 heavy (non-hydrogen) atoms. The highest BCUT2D eigenvalue weighted by Gasteiger charge is 2.34. The van der Waals surface area contributed by atoms with Crippen molar-refractivity contribution in [1.82, 2.24) is 10.3 Å². The molecule has 0 atom stereocenters. The van der Waals surface area contributed by atoms with Crippen LogP contribution < -0.4 is 10.2 Å². The third-order valence-electron chi connectivity index (χ3n) is 3.29. The molecule has 0 spiro atoms. The van der Waals surface area contributed by atoms with Gasteiger partial charge in [-0.15, -0.1) is 0 Å². The van der Waals surface area contributed by atoms with E-state index in [9.17, 15) is 13.2 Å². The lowest BCUT2D eigenvalue weighted by molar-refractivity contribution is -0.0944. The van der Waals surface area contributed by atoms with Crippen LogP contribution in [0.2, 0.25) is 0 Å². The molecule has 0 aromatic carbocycles. The third-order valence-corrected chi connectivity index (χ3v) is 3.29. The fourth-order valence-electron chi connectivity index (χ4n) is 2.11. The van der Waals surface area contributed by atoms with Gasteiger partial charge in [0, 0.05) is 31.4 Å². The number of hydrogen-bond donors (Lipinski definition) is 1. The number of halogens is 3. The number of hydrogen-bond acceptors (Lipinski definition) is 3. The van der Waals surface area contributed by atoms with Gasteiger partial charge in [0.05, 0.1) is 0 Å². The van der Waals surface area contributed by atoms with Crippen LogP contribution >= 0.6 is 0 Å². The molecule has 0 radical (unpaired) electrons. The molecular formula is C14H18F3N3. The van der Waals surface area contributed by atoms with E-state index in [1.54, 1.807) is 6.20 Å². The molecule has 1 aromatic heterocycles. The van der Waals surface area contributed by atoms with Crippen molar-refractivity contribution in [2.45, 2.75) is 26.1 Å². The van der Waals surface area contributed by atoms with E-state index < -0.39 is 11.7 Å². The Balaban J connectivity index is 1.98. The monoisotopic (exact) mass is 285 g/mol. The Kier molecular flexibility index (Phi) is 4.65. The van der Waals surface area contributed by atoms with E-state index in [-0.39, 0.29) is 13.0 Å². The van der Waals surface area contributed by atoms with Gasteiger partial charge in [-0.1, -0.05) is 19.1 Å². The topological polar surface area (TPSA) is 28.2 Å². The summed E-state index contributed by atoms with van der Waals surface area (Å²) in [6.45, 7) is 4.28. The summed E-state index contributed by atoms with van der Waals surface area (Å²) in [6, 6.07) is 3.81. The molecule has 3 nitrogen and oxygen atoms in total. The molecule has 0 bridgehead atoms. The van der Waals surface area contributed by atoms with E-state index in [4.69, 9.17) is 0 Å². The molecule has 0 fully saturated rings. The summed E-state index contributed by atoms with van der Waals surface area (Å²) >= 11 is 0. The van der Waals surface area contributed by atoms with Crippen LogP contribution in [-0.2, 0) is 6.54 Å². The van der Waals surface area contributed by atoms with Gasteiger partial charge in [-0.2, -0.15) is 13.2 Å². The van der Waals surface area contributed by atoms with Crippen LogP contribution in [0, 0.1) is 0 Å². The van der Waals surface area contributed by atoms with Gasteiger partial charge in [0.15, 0.2) is 0 Å². The zero-order valence-electron chi connectivity index (χ0n) is 11.4. The summed E-state index contributed by atoms with van der Waals surface area (Å²) < 4.78 is 37.6. The highest BCUT2D eigenvalue weighted by Crippen LogP contribution is 2.31. The van der Waals surface area contributed by atoms with Gasteiger partial charge in [0.25, 0.3) is 0 Å². The zero-order chi connectivity index (χ0) is 14.6. The number of nitrogens with zero attached hydrogens (tertiary/aromatic N) is 2. The summed E-state index contributed by atoms with van der Waals surface area (Å²) in [5, 5.41) is 3.20. The van der Waals surface area contributed by atoms with Crippen LogP contribution in [0.5, 0.6) is 0 Å². The summed E-state index contributed by atoms with van der Waals surface area (Å²) in [5.41, 5.74) is 0.636. The summed E-state index contributed by atoms with van der Waals surface area (Å²) in [6.07, 6.45) is -1.17. The Labute approximate surface area is 116 Å². The molecule has 6 heteroatoms. The van der Waals surface area contributed by atoms with Crippen molar-refractivity contribution < 1.29 is 13.2 Å². The van der Waals surface area contributed by atoms with Crippen LogP contribution in [0.15, 0.2) is 30.0 Å². The molecule has 110 valence electrons. The lowest BCUT2D eigenvalue weighted by atomic mass is 10.1. The Morgan fingerprint density at radius 3 is 2.65 bits per heavy atom. The molecular weight excluding hydrogens is 267 g/mol. The standard InChI is InChI=1S/C14H18F3N3/c1-2-18-9-11-3-4-13(19-10-11)20-7-5-12(6-8-20)14(15,16)17/h3-5,10,18H,2,6-9H2,1H3. The van der Waals surface area contributed by atoms with Gasteiger partial charge in [0.1, 0.15) is 5.82 Å². The molecule has 0 aliphatic carbocycles. The fraction of sp³-hybridized carbons (Fsp3) is 0.500. The second-order valence-electron chi connectivity index (χ2n) is 4.73. The van der Waals surface area contributed by atoms with Crippen molar-refractivity contribution in [3.63, 3.8) is 0 Å². The average Bonchev–Trinajstić information content (AvgIpc) is 2.45. The molecule has 0 saturated heterocycles. The SMILES string of the molecule is CCNCc1ccc(N2CC=C(C(F)(F)F)CC2)nc1. The molecule has 0 saturated carbocycles. The number of alkyl halides is 3. The van der Waals surface area contributed by atoms with Crippen LogP contribution in [0.1, 0.15) is 18.9 Å². The second kappa shape index (κ2) is 6.26. The molecule has 1 N–H and O–H groups in total. The van der Waals surface area contributed by atoms with E-state index >= 15 is 0 Å². The molecule has 2 rings (SSSR count). The lowest BCUT2D eigenvalue weighted by Gasteiger charge is -2.28. The first-order valence-corrected chi connectivity index (χ1v) is 6.67. The van der Waals surface area contributed by atoms with Gasteiger partial charge >= 0.3 is 6.18 Å². The summed E-state index contributed by atoms with van der Waals surface area (Å²) in [7, 11) is 0. The molecule has 2 heterocycles. The summed E-state index contributed by atoms with van der Waals surface area (Å²) in [4.78, 5) is 6.17. The lowest BCUT2D eigenvalue weighted by Crippen LogP contribution is -2.32. The normalized spacial score (nSPS) is 16.2. The van der Waals surface area contributed by atoms with Crippen LogP contribution in [0.4, 0.5) is 19.0 Å². The maximum Gasteiger partial charge on any atom is 0.412 e. The van der Waals surface area contributed by atoms with Gasteiger partial charge in [-0.05, 0) is 24.6 Å². The summed E-state index contributed by atoms with van der Waals surface area (Å²) in [5.74, 6) is 0.725. The molecule has 1 aliphatic rings. The highest BCUT2D eigenvalue weighted by molar-refractivity contribution is 5.42. The van der Waals surface area contributed by atoms with Crippen molar-refractivity contribution in [3.8, 4) is 0 Å². The zero-order valence-corrected chi connectivity index (χ0v) is 11.4. The van der Waals surface area contributed by atoms with Crippen molar-refractivity contribution in [2.75, 3.05) is 24.5 Å². The smallest absolute Gasteiger partial charge is 0.353 e. The van der Waals surface area contributed by atoms with Crippen molar-refractivity contribution in [2.24, 2.45) is 0 Å². The number of rotatable bonds is 4. The highest BCUT2D eigenvalue weighted by atomic mass is 19.4. The minimum Gasteiger partial charge on any atom is -0.353 e. The second-order valence-corrected chi connectivity index (χ2v) is 4.73. The van der Waals surface area contributed by atoms with E-state index in [1.807, 2.05) is 24.0 Å². The van der Waals surface area contributed by atoms with Gasteiger partial charge < -0.3 is 10.2 Å². The van der Waals surface area contributed by atoms with Gasteiger partial charge in [0.2, 0.25) is 0 Å². The predicted molar refractivity (Wildman–Crippen MR) is 72.6 cm³/mol. The van der Waals surface area contributed by atoms with Gasteiger partial charge in [-0.3, -0.25) is 0 Å². The number of nitrogens with one attached hydrogen (secondary N) is 1.